The van der Waals surface area contributed by atoms with Crippen LogP contribution < -0.4 is 15.5 Å². The third-order valence-electron chi connectivity index (χ3n) is 3.69. The topological polar surface area (TPSA) is 80.9 Å². The highest BCUT2D eigenvalue weighted by atomic mass is 16.5. The summed E-state index contributed by atoms with van der Waals surface area (Å²) in [4.78, 5) is 27.5. The standard InChI is InChI=1S/C17H16N2O4/c1-22-13-2-3-15-14(9-13)11(10-19-15)4-6-18-17(21)16-8-12(20)5-7-23-16/h2-3,5,7-11H,4,6H2,1H3,(H,18,21). The number of hydrogen-bond acceptors (Lipinski definition) is 5. The zero-order valence-electron chi connectivity index (χ0n) is 12.6. The number of rotatable bonds is 5. The van der Waals surface area contributed by atoms with E-state index in [0.29, 0.717) is 13.0 Å². The van der Waals surface area contributed by atoms with Crippen molar-refractivity contribution in [2.24, 2.45) is 4.99 Å². The fraction of sp³-hybridized carbons (Fsp3) is 0.235. The lowest BCUT2D eigenvalue weighted by Gasteiger charge is -2.11. The van der Waals surface area contributed by atoms with Gasteiger partial charge in [0.1, 0.15) is 5.75 Å². The number of methoxy groups -OCH3 is 1. The quantitative estimate of drug-likeness (QED) is 0.918. The van der Waals surface area contributed by atoms with Crippen LogP contribution in [-0.2, 0) is 0 Å². The van der Waals surface area contributed by atoms with E-state index in [4.69, 9.17) is 9.15 Å². The summed E-state index contributed by atoms with van der Waals surface area (Å²) in [6.07, 6.45) is 3.79. The molecule has 2 heterocycles. The largest absolute Gasteiger partial charge is 0.497 e. The molecule has 3 rings (SSSR count). The maximum atomic E-state index is 11.9. The highest BCUT2D eigenvalue weighted by Gasteiger charge is 2.20. The lowest BCUT2D eigenvalue weighted by molar-refractivity contribution is 0.0923. The number of amides is 1. The van der Waals surface area contributed by atoms with E-state index in [0.717, 1.165) is 17.0 Å². The molecule has 1 N–H and O–H groups in total. The van der Waals surface area contributed by atoms with Gasteiger partial charge in [-0.1, -0.05) is 0 Å². The Morgan fingerprint density at radius 2 is 2.22 bits per heavy atom. The molecule has 6 heteroatoms. The van der Waals surface area contributed by atoms with E-state index in [1.54, 1.807) is 7.11 Å². The number of hydrogen-bond donors (Lipinski definition) is 1. The second kappa shape index (κ2) is 6.48. The van der Waals surface area contributed by atoms with Crippen molar-refractivity contribution < 1.29 is 13.9 Å². The van der Waals surface area contributed by atoms with Crippen LogP contribution in [0.5, 0.6) is 5.75 Å². The summed E-state index contributed by atoms with van der Waals surface area (Å²) in [5, 5.41) is 2.75. The van der Waals surface area contributed by atoms with Gasteiger partial charge in [0, 0.05) is 30.8 Å². The van der Waals surface area contributed by atoms with Crippen molar-refractivity contribution >= 4 is 17.8 Å². The Hall–Kier alpha value is -2.89. The van der Waals surface area contributed by atoms with Gasteiger partial charge in [0.2, 0.25) is 0 Å². The molecule has 2 aromatic rings. The van der Waals surface area contributed by atoms with Gasteiger partial charge in [-0.05, 0) is 30.2 Å². The first kappa shape index (κ1) is 15.0. The van der Waals surface area contributed by atoms with E-state index < -0.39 is 5.91 Å². The van der Waals surface area contributed by atoms with Gasteiger partial charge in [-0.2, -0.15) is 0 Å². The third kappa shape index (κ3) is 3.31. The van der Waals surface area contributed by atoms with E-state index in [2.05, 4.69) is 10.3 Å². The molecule has 0 saturated heterocycles. The smallest absolute Gasteiger partial charge is 0.287 e. The van der Waals surface area contributed by atoms with Crippen LogP contribution in [0.1, 0.15) is 28.5 Å². The SMILES string of the molecule is COc1ccc2c(c1)C(CCNC(=O)c1cc(=O)cco1)C=N2. The van der Waals surface area contributed by atoms with Crippen molar-refractivity contribution in [3.8, 4) is 5.75 Å². The van der Waals surface area contributed by atoms with E-state index in [1.165, 1.54) is 18.4 Å². The first-order chi connectivity index (χ1) is 11.2. The van der Waals surface area contributed by atoms with Crippen LogP contribution in [0.2, 0.25) is 0 Å². The second-order valence-corrected chi connectivity index (χ2v) is 5.19. The minimum atomic E-state index is -0.400. The van der Waals surface area contributed by atoms with Crippen molar-refractivity contribution in [1.82, 2.24) is 5.32 Å². The first-order valence-corrected chi connectivity index (χ1v) is 7.26. The zero-order chi connectivity index (χ0) is 16.2. The summed E-state index contributed by atoms with van der Waals surface area (Å²) in [6.45, 7) is 0.449. The number of fused-ring (bicyclic) bond motifs is 1. The van der Waals surface area contributed by atoms with Gasteiger partial charge in [0.15, 0.2) is 11.2 Å². The molecule has 1 unspecified atom stereocenters. The van der Waals surface area contributed by atoms with Gasteiger partial charge < -0.3 is 14.5 Å². The molecule has 0 saturated carbocycles. The zero-order valence-corrected chi connectivity index (χ0v) is 12.6. The van der Waals surface area contributed by atoms with Gasteiger partial charge in [-0.3, -0.25) is 14.6 Å². The highest BCUT2D eigenvalue weighted by molar-refractivity contribution is 5.91. The molecule has 23 heavy (non-hydrogen) atoms. The van der Waals surface area contributed by atoms with Crippen LogP contribution in [-0.4, -0.2) is 25.8 Å². The summed E-state index contributed by atoms with van der Waals surface area (Å²) in [6, 6.07) is 8.19. The molecular formula is C17H16N2O4. The minimum Gasteiger partial charge on any atom is -0.497 e. The molecule has 0 spiro atoms. The molecule has 1 aliphatic heterocycles. The van der Waals surface area contributed by atoms with Crippen LogP contribution in [0.4, 0.5) is 5.69 Å². The maximum absolute atomic E-state index is 11.9. The first-order valence-electron chi connectivity index (χ1n) is 7.26. The lowest BCUT2D eigenvalue weighted by Crippen LogP contribution is -2.26. The van der Waals surface area contributed by atoms with E-state index in [1.807, 2.05) is 24.4 Å². The van der Waals surface area contributed by atoms with E-state index in [9.17, 15) is 9.59 Å². The molecule has 6 nitrogen and oxygen atoms in total. The molecule has 0 aliphatic carbocycles. The monoisotopic (exact) mass is 312 g/mol. The van der Waals surface area contributed by atoms with Crippen molar-refractivity contribution in [2.45, 2.75) is 12.3 Å². The van der Waals surface area contributed by atoms with Gasteiger partial charge >= 0.3 is 0 Å². The number of nitrogens with one attached hydrogen (secondary N) is 1. The summed E-state index contributed by atoms with van der Waals surface area (Å²) in [7, 11) is 1.63. The van der Waals surface area contributed by atoms with Crippen molar-refractivity contribution in [3.05, 3.63) is 58.1 Å². The number of ether oxygens (including phenoxy) is 1. The number of carbonyl (C=O) groups excluding carboxylic acids is 1. The molecule has 1 aromatic carbocycles. The van der Waals surface area contributed by atoms with Crippen molar-refractivity contribution in [1.29, 1.82) is 0 Å². The Kier molecular flexibility index (Phi) is 4.23. The van der Waals surface area contributed by atoms with Crippen LogP contribution in [0.25, 0.3) is 0 Å². The molecule has 1 aliphatic rings. The average molecular weight is 312 g/mol. The van der Waals surface area contributed by atoms with Gasteiger partial charge in [0.05, 0.1) is 19.1 Å². The molecule has 0 bridgehead atoms. The minimum absolute atomic E-state index is 0.0136. The number of benzene rings is 1. The number of carbonyl (C=O) groups is 1. The third-order valence-corrected chi connectivity index (χ3v) is 3.69. The molecule has 1 amide bonds. The highest BCUT2D eigenvalue weighted by Crippen LogP contribution is 2.36. The Balaban J connectivity index is 1.59. The van der Waals surface area contributed by atoms with E-state index >= 15 is 0 Å². The van der Waals surface area contributed by atoms with Gasteiger partial charge in [-0.15, -0.1) is 0 Å². The predicted octanol–water partition coefficient (Wildman–Crippen LogP) is 2.27. The van der Waals surface area contributed by atoms with Gasteiger partial charge in [-0.25, -0.2) is 0 Å². The number of nitrogens with zero attached hydrogens (tertiary/aromatic N) is 1. The summed E-state index contributed by atoms with van der Waals surface area (Å²) in [5.41, 5.74) is 1.76. The summed E-state index contributed by atoms with van der Waals surface area (Å²) >= 11 is 0. The van der Waals surface area contributed by atoms with Crippen molar-refractivity contribution in [2.75, 3.05) is 13.7 Å². The molecule has 1 atom stereocenters. The lowest BCUT2D eigenvalue weighted by atomic mass is 9.97. The Labute approximate surface area is 132 Å². The maximum Gasteiger partial charge on any atom is 0.287 e. The fourth-order valence-corrected chi connectivity index (χ4v) is 2.49. The Bertz CT molecular complexity index is 810. The van der Waals surface area contributed by atoms with E-state index in [-0.39, 0.29) is 17.1 Å². The Morgan fingerprint density at radius 3 is 3.00 bits per heavy atom. The second-order valence-electron chi connectivity index (χ2n) is 5.19. The summed E-state index contributed by atoms with van der Waals surface area (Å²) < 4.78 is 10.3. The molecule has 0 radical (unpaired) electrons. The molecule has 1 aromatic heterocycles. The van der Waals surface area contributed by atoms with Crippen molar-refractivity contribution in [3.63, 3.8) is 0 Å². The molecule has 118 valence electrons. The summed E-state index contributed by atoms with van der Waals surface area (Å²) in [5.74, 6) is 0.528. The van der Waals surface area contributed by atoms with Gasteiger partial charge in [0.25, 0.3) is 5.91 Å². The fourth-order valence-electron chi connectivity index (χ4n) is 2.49. The predicted molar refractivity (Wildman–Crippen MR) is 85.8 cm³/mol. The molecule has 0 fully saturated rings. The normalized spacial score (nSPS) is 15.3. The van der Waals surface area contributed by atoms with Crippen LogP contribution in [0, 0.1) is 0 Å². The Morgan fingerprint density at radius 1 is 1.35 bits per heavy atom. The van der Waals surface area contributed by atoms with Crippen LogP contribution in [0.15, 0.2) is 50.8 Å². The van der Waals surface area contributed by atoms with Crippen LogP contribution in [0.3, 0.4) is 0 Å². The number of aliphatic imine (C=N–C) groups is 1. The molecular weight excluding hydrogens is 296 g/mol. The average Bonchev–Trinajstić information content (AvgIpc) is 2.97. The van der Waals surface area contributed by atoms with Crippen LogP contribution >= 0.6 is 0 Å².